The Morgan fingerprint density at radius 2 is 2.10 bits per heavy atom. The highest BCUT2D eigenvalue weighted by atomic mass is 19.1. The molecule has 1 heterocycles. The van der Waals surface area contributed by atoms with Gasteiger partial charge < -0.3 is 10.2 Å². The Labute approximate surface area is 121 Å². The lowest BCUT2D eigenvalue weighted by Gasteiger charge is -2.30. The molecule has 0 saturated carbocycles. The maximum Gasteiger partial charge on any atom is 0.246 e. The Hall–Kier alpha value is -2.87. The molecule has 21 heavy (non-hydrogen) atoms. The minimum atomic E-state index is -0.417. The first-order valence-electron chi connectivity index (χ1n) is 6.51. The van der Waals surface area contributed by atoms with Crippen molar-refractivity contribution >= 4 is 17.3 Å². The lowest BCUT2D eigenvalue weighted by atomic mass is 10.1. The quantitative estimate of drug-likeness (QED) is 0.920. The highest BCUT2D eigenvalue weighted by Gasteiger charge is 2.24. The average molecular weight is 281 g/mol. The molecule has 2 aromatic carbocycles. The number of para-hydroxylation sites is 2. The van der Waals surface area contributed by atoms with E-state index in [9.17, 15) is 9.18 Å². The number of anilines is 2. The zero-order chi connectivity index (χ0) is 14.8. The summed E-state index contributed by atoms with van der Waals surface area (Å²) in [6.45, 7) is 0.367. The predicted octanol–water partition coefficient (Wildman–Crippen LogP) is 2.66. The number of amides is 1. The van der Waals surface area contributed by atoms with E-state index in [-0.39, 0.29) is 19.0 Å². The summed E-state index contributed by atoms with van der Waals surface area (Å²) in [6.07, 6.45) is 0. The third kappa shape index (κ3) is 2.43. The van der Waals surface area contributed by atoms with Crippen LogP contribution in [0.25, 0.3) is 0 Å². The van der Waals surface area contributed by atoms with Crippen LogP contribution < -0.4 is 10.2 Å². The van der Waals surface area contributed by atoms with Crippen molar-refractivity contribution in [1.82, 2.24) is 0 Å². The third-order valence-electron chi connectivity index (χ3n) is 3.44. The van der Waals surface area contributed by atoms with Crippen LogP contribution in [0, 0.1) is 17.1 Å². The summed E-state index contributed by atoms with van der Waals surface area (Å²) in [5, 5.41) is 12.1. The first-order valence-corrected chi connectivity index (χ1v) is 6.51. The Balaban J connectivity index is 2.00. The van der Waals surface area contributed by atoms with Crippen LogP contribution in [0.1, 0.15) is 11.1 Å². The minimum absolute atomic E-state index is 0.109. The van der Waals surface area contributed by atoms with Crippen molar-refractivity contribution in [3.05, 3.63) is 59.4 Å². The van der Waals surface area contributed by atoms with E-state index < -0.39 is 5.82 Å². The number of nitriles is 1. The highest BCUT2D eigenvalue weighted by Crippen LogP contribution is 2.30. The molecule has 0 fully saturated rings. The van der Waals surface area contributed by atoms with Crippen molar-refractivity contribution in [2.75, 3.05) is 16.8 Å². The van der Waals surface area contributed by atoms with Gasteiger partial charge >= 0.3 is 0 Å². The van der Waals surface area contributed by atoms with Gasteiger partial charge in [-0.25, -0.2) is 4.39 Å². The Morgan fingerprint density at radius 1 is 1.29 bits per heavy atom. The van der Waals surface area contributed by atoms with Crippen LogP contribution in [-0.2, 0) is 11.3 Å². The number of rotatable bonds is 2. The van der Waals surface area contributed by atoms with E-state index in [0.717, 1.165) is 11.4 Å². The van der Waals surface area contributed by atoms with Gasteiger partial charge in [0.25, 0.3) is 0 Å². The number of carbonyl (C=O) groups is 1. The molecule has 0 atom stereocenters. The number of halogens is 1. The molecule has 2 aromatic rings. The summed E-state index contributed by atoms with van der Waals surface area (Å²) >= 11 is 0. The number of hydrogen-bond acceptors (Lipinski definition) is 3. The summed E-state index contributed by atoms with van der Waals surface area (Å²) in [4.78, 5) is 13.7. The van der Waals surface area contributed by atoms with Gasteiger partial charge in [-0.05, 0) is 35.9 Å². The van der Waals surface area contributed by atoms with Gasteiger partial charge in [-0.3, -0.25) is 4.79 Å². The van der Waals surface area contributed by atoms with Crippen LogP contribution in [0.3, 0.4) is 0 Å². The average Bonchev–Trinajstić information content (AvgIpc) is 2.50. The molecule has 0 bridgehead atoms. The van der Waals surface area contributed by atoms with E-state index in [1.165, 1.54) is 18.2 Å². The standard InChI is InChI=1S/C16H12FN3O/c17-13-6-5-11(8-18)12(7-13)10-20-15-4-2-1-3-14(15)19-9-16(20)21/h1-7,19H,9-10H2. The summed E-state index contributed by atoms with van der Waals surface area (Å²) in [5.74, 6) is -0.526. The van der Waals surface area contributed by atoms with Crippen LogP contribution in [0.4, 0.5) is 15.8 Å². The van der Waals surface area contributed by atoms with Crippen LogP contribution in [0.2, 0.25) is 0 Å². The number of nitrogens with zero attached hydrogens (tertiary/aromatic N) is 2. The van der Waals surface area contributed by atoms with Crippen LogP contribution in [0.15, 0.2) is 42.5 Å². The van der Waals surface area contributed by atoms with E-state index >= 15 is 0 Å². The fraction of sp³-hybridized carbons (Fsp3) is 0.125. The molecule has 1 aliphatic heterocycles. The van der Waals surface area contributed by atoms with Crippen LogP contribution in [-0.4, -0.2) is 12.5 Å². The van der Waals surface area contributed by atoms with E-state index in [0.29, 0.717) is 11.1 Å². The second-order valence-electron chi connectivity index (χ2n) is 4.76. The van der Waals surface area contributed by atoms with Crippen molar-refractivity contribution in [2.24, 2.45) is 0 Å². The van der Waals surface area contributed by atoms with Gasteiger partial charge in [0.2, 0.25) is 5.91 Å². The molecule has 1 N–H and O–H groups in total. The number of fused-ring (bicyclic) bond motifs is 1. The maximum atomic E-state index is 13.4. The normalized spacial score (nSPS) is 13.3. The zero-order valence-corrected chi connectivity index (χ0v) is 11.1. The molecule has 0 radical (unpaired) electrons. The van der Waals surface area contributed by atoms with Crippen molar-refractivity contribution in [3.63, 3.8) is 0 Å². The highest BCUT2D eigenvalue weighted by molar-refractivity contribution is 6.02. The molecule has 104 valence electrons. The number of hydrogen-bond donors (Lipinski definition) is 1. The molecule has 0 saturated heterocycles. The largest absolute Gasteiger partial charge is 0.374 e. The first kappa shape index (κ1) is 13.1. The fourth-order valence-corrected chi connectivity index (χ4v) is 2.40. The minimum Gasteiger partial charge on any atom is -0.374 e. The summed E-state index contributed by atoms with van der Waals surface area (Å²) in [5.41, 5.74) is 2.47. The number of nitrogens with one attached hydrogen (secondary N) is 1. The van der Waals surface area contributed by atoms with Crippen LogP contribution >= 0.6 is 0 Å². The smallest absolute Gasteiger partial charge is 0.246 e. The van der Waals surface area contributed by atoms with Crippen molar-refractivity contribution < 1.29 is 9.18 Å². The van der Waals surface area contributed by atoms with Crippen molar-refractivity contribution in [2.45, 2.75) is 6.54 Å². The summed E-state index contributed by atoms with van der Waals surface area (Å²) < 4.78 is 13.4. The SMILES string of the molecule is N#Cc1ccc(F)cc1CN1C(=O)CNc2ccccc21. The lowest BCUT2D eigenvalue weighted by Crippen LogP contribution is -2.39. The number of benzene rings is 2. The monoisotopic (exact) mass is 281 g/mol. The molecule has 3 rings (SSSR count). The second kappa shape index (κ2) is 5.25. The van der Waals surface area contributed by atoms with E-state index in [2.05, 4.69) is 5.32 Å². The molecule has 0 spiro atoms. The van der Waals surface area contributed by atoms with E-state index in [1.807, 2.05) is 30.3 Å². The Morgan fingerprint density at radius 3 is 2.90 bits per heavy atom. The van der Waals surface area contributed by atoms with Gasteiger partial charge in [0.1, 0.15) is 5.82 Å². The van der Waals surface area contributed by atoms with Gasteiger partial charge in [0, 0.05) is 0 Å². The van der Waals surface area contributed by atoms with E-state index in [1.54, 1.807) is 4.90 Å². The fourth-order valence-electron chi connectivity index (χ4n) is 2.40. The van der Waals surface area contributed by atoms with Gasteiger partial charge in [-0.2, -0.15) is 5.26 Å². The van der Waals surface area contributed by atoms with Crippen molar-refractivity contribution in [1.29, 1.82) is 5.26 Å². The molecule has 4 nitrogen and oxygen atoms in total. The zero-order valence-electron chi connectivity index (χ0n) is 11.1. The molecular formula is C16H12FN3O. The predicted molar refractivity (Wildman–Crippen MR) is 77.2 cm³/mol. The molecule has 1 aliphatic rings. The van der Waals surface area contributed by atoms with Gasteiger partial charge in [-0.15, -0.1) is 0 Å². The van der Waals surface area contributed by atoms with E-state index in [4.69, 9.17) is 5.26 Å². The van der Waals surface area contributed by atoms with Crippen molar-refractivity contribution in [3.8, 4) is 6.07 Å². The maximum absolute atomic E-state index is 13.4. The topological polar surface area (TPSA) is 56.1 Å². The van der Waals surface area contributed by atoms with Gasteiger partial charge in [0.05, 0.1) is 36.1 Å². The molecule has 0 aromatic heterocycles. The Kier molecular flexibility index (Phi) is 3.28. The molecule has 0 aliphatic carbocycles. The second-order valence-corrected chi connectivity index (χ2v) is 4.76. The summed E-state index contributed by atoms with van der Waals surface area (Å²) in [6, 6.07) is 13.4. The number of carbonyl (C=O) groups excluding carboxylic acids is 1. The third-order valence-corrected chi connectivity index (χ3v) is 3.44. The molecular weight excluding hydrogens is 269 g/mol. The Bertz CT molecular complexity index is 751. The molecule has 5 heteroatoms. The van der Waals surface area contributed by atoms with Crippen LogP contribution in [0.5, 0.6) is 0 Å². The lowest BCUT2D eigenvalue weighted by molar-refractivity contribution is -0.117. The van der Waals surface area contributed by atoms with Gasteiger partial charge in [-0.1, -0.05) is 12.1 Å². The first-order chi connectivity index (χ1) is 10.2. The summed E-state index contributed by atoms with van der Waals surface area (Å²) in [7, 11) is 0. The van der Waals surface area contributed by atoms with Gasteiger partial charge in [0.15, 0.2) is 0 Å². The molecule has 0 unspecified atom stereocenters. The molecule has 1 amide bonds.